The Morgan fingerprint density at radius 3 is 2.48 bits per heavy atom. The number of benzene rings is 1. The monoisotopic (exact) mass is 324 g/mol. The van der Waals surface area contributed by atoms with E-state index in [0.717, 1.165) is 23.6 Å². The Morgan fingerprint density at radius 1 is 1.10 bits per heavy atom. The number of rotatable bonds is 5. The SMILES string of the molecule is CCc1cc(NC(C)C)nc(Nc2ccc(Cl)c(Cl)c2)n1. The largest absolute Gasteiger partial charge is 0.368 e. The number of halogens is 2. The van der Waals surface area contributed by atoms with Gasteiger partial charge in [-0.15, -0.1) is 0 Å². The summed E-state index contributed by atoms with van der Waals surface area (Å²) >= 11 is 11.9. The molecule has 2 aromatic rings. The van der Waals surface area contributed by atoms with Crippen LogP contribution in [0.3, 0.4) is 0 Å². The highest BCUT2D eigenvalue weighted by Crippen LogP contribution is 2.26. The average molecular weight is 325 g/mol. The second-order valence-electron chi connectivity index (χ2n) is 4.97. The first-order chi connectivity index (χ1) is 9.97. The highest BCUT2D eigenvalue weighted by Gasteiger charge is 2.06. The standard InChI is InChI=1S/C15H18Cl2N4/c1-4-10-8-14(18-9(2)3)21-15(19-10)20-11-5-6-12(16)13(17)7-11/h5-9H,4H2,1-3H3,(H2,18,19,20,21). The van der Waals surface area contributed by atoms with Gasteiger partial charge in [0.1, 0.15) is 5.82 Å². The van der Waals surface area contributed by atoms with Crippen molar-refractivity contribution in [3.8, 4) is 0 Å². The Balaban J connectivity index is 2.27. The number of nitrogens with one attached hydrogen (secondary N) is 2. The van der Waals surface area contributed by atoms with Gasteiger partial charge < -0.3 is 10.6 Å². The van der Waals surface area contributed by atoms with Crippen molar-refractivity contribution >= 4 is 40.7 Å². The van der Waals surface area contributed by atoms with Gasteiger partial charge in [0.15, 0.2) is 0 Å². The Hall–Kier alpha value is -1.52. The Morgan fingerprint density at radius 2 is 1.86 bits per heavy atom. The van der Waals surface area contributed by atoms with Gasteiger partial charge in [0, 0.05) is 23.5 Å². The number of anilines is 3. The number of nitrogens with zero attached hydrogens (tertiary/aromatic N) is 2. The summed E-state index contributed by atoms with van der Waals surface area (Å²) in [4.78, 5) is 8.93. The van der Waals surface area contributed by atoms with E-state index in [4.69, 9.17) is 23.2 Å². The van der Waals surface area contributed by atoms with Crippen LogP contribution in [0.15, 0.2) is 24.3 Å². The predicted molar refractivity (Wildman–Crippen MR) is 89.9 cm³/mol. The van der Waals surface area contributed by atoms with Crippen LogP contribution in [0.4, 0.5) is 17.5 Å². The molecule has 0 saturated heterocycles. The van der Waals surface area contributed by atoms with Crippen molar-refractivity contribution in [2.24, 2.45) is 0 Å². The zero-order chi connectivity index (χ0) is 15.4. The summed E-state index contributed by atoms with van der Waals surface area (Å²) in [6.45, 7) is 6.20. The normalized spacial score (nSPS) is 10.8. The lowest BCUT2D eigenvalue weighted by atomic mass is 10.3. The molecule has 0 unspecified atom stereocenters. The van der Waals surface area contributed by atoms with Crippen LogP contribution in [0, 0.1) is 0 Å². The lowest BCUT2D eigenvalue weighted by molar-refractivity contribution is 0.881. The third-order valence-corrected chi connectivity index (χ3v) is 3.49. The molecule has 0 radical (unpaired) electrons. The molecule has 1 aromatic carbocycles. The van der Waals surface area contributed by atoms with Gasteiger partial charge >= 0.3 is 0 Å². The maximum atomic E-state index is 6.01. The van der Waals surface area contributed by atoms with Gasteiger partial charge in [-0.1, -0.05) is 30.1 Å². The van der Waals surface area contributed by atoms with Crippen molar-refractivity contribution < 1.29 is 0 Å². The van der Waals surface area contributed by atoms with Gasteiger partial charge in [-0.2, -0.15) is 4.98 Å². The lowest BCUT2D eigenvalue weighted by Crippen LogP contribution is -2.13. The molecule has 0 bridgehead atoms. The summed E-state index contributed by atoms with van der Waals surface area (Å²) in [5.41, 5.74) is 1.77. The minimum Gasteiger partial charge on any atom is -0.368 e. The molecule has 0 aliphatic rings. The maximum Gasteiger partial charge on any atom is 0.229 e. The van der Waals surface area contributed by atoms with Crippen LogP contribution < -0.4 is 10.6 Å². The lowest BCUT2D eigenvalue weighted by Gasteiger charge is -2.13. The summed E-state index contributed by atoms with van der Waals surface area (Å²) in [6, 6.07) is 7.60. The van der Waals surface area contributed by atoms with E-state index in [1.54, 1.807) is 12.1 Å². The first-order valence-electron chi connectivity index (χ1n) is 6.84. The van der Waals surface area contributed by atoms with Crippen molar-refractivity contribution in [1.82, 2.24) is 9.97 Å². The first-order valence-corrected chi connectivity index (χ1v) is 7.60. The molecule has 21 heavy (non-hydrogen) atoms. The molecule has 2 N–H and O–H groups in total. The summed E-state index contributed by atoms with van der Waals surface area (Å²) < 4.78 is 0. The number of hydrogen-bond donors (Lipinski definition) is 2. The summed E-state index contributed by atoms with van der Waals surface area (Å²) in [6.07, 6.45) is 0.839. The van der Waals surface area contributed by atoms with Gasteiger partial charge in [0.25, 0.3) is 0 Å². The van der Waals surface area contributed by atoms with Crippen molar-refractivity contribution in [3.63, 3.8) is 0 Å². The highest BCUT2D eigenvalue weighted by atomic mass is 35.5. The molecule has 112 valence electrons. The van der Waals surface area contributed by atoms with E-state index in [1.165, 1.54) is 0 Å². The fourth-order valence-electron chi connectivity index (χ4n) is 1.81. The molecular weight excluding hydrogens is 307 g/mol. The van der Waals surface area contributed by atoms with Gasteiger partial charge in [-0.25, -0.2) is 4.98 Å². The van der Waals surface area contributed by atoms with Crippen molar-refractivity contribution in [2.75, 3.05) is 10.6 Å². The van der Waals surface area contributed by atoms with Gasteiger partial charge in [-0.05, 0) is 38.5 Å². The van der Waals surface area contributed by atoms with Crippen molar-refractivity contribution in [3.05, 3.63) is 40.0 Å². The topological polar surface area (TPSA) is 49.8 Å². The predicted octanol–water partition coefficient (Wildman–Crippen LogP) is 4.91. The third kappa shape index (κ3) is 4.48. The average Bonchev–Trinajstić information content (AvgIpc) is 2.42. The smallest absolute Gasteiger partial charge is 0.229 e. The first kappa shape index (κ1) is 15.9. The molecule has 0 spiro atoms. The summed E-state index contributed by atoms with van der Waals surface area (Å²) in [7, 11) is 0. The zero-order valence-corrected chi connectivity index (χ0v) is 13.8. The summed E-state index contributed by atoms with van der Waals surface area (Å²) in [5.74, 6) is 1.34. The van der Waals surface area contributed by atoms with Crippen LogP contribution in [-0.4, -0.2) is 16.0 Å². The second-order valence-corrected chi connectivity index (χ2v) is 5.79. The maximum absolute atomic E-state index is 6.01. The molecule has 0 fully saturated rings. The van der Waals surface area contributed by atoms with E-state index in [9.17, 15) is 0 Å². The van der Waals surface area contributed by atoms with Crippen LogP contribution in [-0.2, 0) is 6.42 Å². The van der Waals surface area contributed by atoms with E-state index in [2.05, 4.69) is 41.4 Å². The molecule has 4 nitrogen and oxygen atoms in total. The van der Waals surface area contributed by atoms with E-state index in [1.807, 2.05) is 12.1 Å². The van der Waals surface area contributed by atoms with E-state index < -0.39 is 0 Å². The van der Waals surface area contributed by atoms with Gasteiger partial charge in [-0.3, -0.25) is 0 Å². The highest BCUT2D eigenvalue weighted by molar-refractivity contribution is 6.42. The minimum atomic E-state index is 0.308. The molecule has 6 heteroatoms. The Kier molecular flexibility index (Phi) is 5.26. The molecule has 0 amide bonds. The molecule has 0 aliphatic carbocycles. The molecular formula is C15H18Cl2N4. The van der Waals surface area contributed by atoms with Gasteiger partial charge in [0.05, 0.1) is 10.0 Å². The van der Waals surface area contributed by atoms with E-state index >= 15 is 0 Å². The second kappa shape index (κ2) is 6.96. The van der Waals surface area contributed by atoms with E-state index in [-0.39, 0.29) is 0 Å². The fraction of sp³-hybridized carbons (Fsp3) is 0.333. The molecule has 1 heterocycles. The molecule has 0 aliphatic heterocycles. The number of hydrogen-bond acceptors (Lipinski definition) is 4. The van der Waals surface area contributed by atoms with Crippen molar-refractivity contribution in [1.29, 1.82) is 0 Å². The minimum absolute atomic E-state index is 0.308. The number of aromatic nitrogens is 2. The Bertz CT molecular complexity index is 629. The fourth-order valence-corrected chi connectivity index (χ4v) is 2.11. The molecule has 2 rings (SSSR count). The molecule has 0 atom stereocenters. The Labute approximate surface area is 134 Å². The zero-order valence-electron chi connectivity index (χ0n) is 12.2. The number of aryl methyl sites for hydroxylation is 1. The van der Waals surface area contributed by atoms with Crippen LogP contribution in [0.2, 0.25) is 10.0 Å². The van der Waals surface area contributed by atoms with Crippen LogP contribution >= 0.6 is 23.2 Å². The van der Waals surface area contributed by atoms with Crippen LogP contribution in [0.5, 0.6) is 0 Å². The van der Waals surface area contributed by atoms with Crippen LogP contribution in [0.25, 0.3) is 0 Å². The van der Waals surface area contributed by atoms with Crippen LogP contribution in [0.1, 0.15) is 26.5 Å². The van der Waals surface area contributed by atoms with Crippen molar-refractivity contribution in [2.45, 2.75) is 33.2 Å². The molecule has 0 saturated carbocycles. The quantitative estimate of drug-likeness (QED) is 0.820. The molecule has 1 aromatic heterocycles. The third-order valence-electron chi connectivity index (χ3n) is 2.75. The van der Waals surface area contributed by atoms with Gasteiger partial charge in [0.2, 0.25) is 5.95 Å². The summed E-state index contributed by atoms with van der Waals surface area (Å²) in [5, 5.41) is 7.46. The van der Waals surface area contributed by atoms with E-state index in [0.29, 0.717) is 22.0 Å².